The van der Waals surface area contributed by atoms with Gasteiger partial charge in [0.25, 0.3) is 0 Å². The summed E-state index contributed by atoms with van der Waals surface area (Å²) in [6.45, 7) is 1.48. The van der Waals surface area contributed by atoms with Crippen molar-refractivity contribution in [1.82, 2.24) is 10.6 Å². The van der Waals surface area contributed by atoms with Crippen LogP contribution in [-0.2, 0) is 11.3 Å². The minimum Gasteiger partial charge on any atom is -0.445 e. The Hall–Kier alpha value is -1.55. The lowest BCUT2D eigenvalue weighted by atomic mass is 9.83. The summed E-state index contributed by atoms with van der Waals surface area (Å²) < 4.78 is 5.22. The molecular formula is C17H24N2O2. The first-order valence-electron chi connectivity index (χ1n) is 8.00. The van der Waals surface area contributed by atoms with Crippen LogP contribution in [0.25, 0.3) is 0 Å². The predicted octanol–water partition coefficient (Wildman–Crippen LogP) is 2.83. The first-order valence-corrected chi connectivity index (χ1v) is 8.00. The van der Waals surface area contributed by atoms with Crippen molar-refractivity contribution in [2.24, 2.45) is 5.92 Å². The van der Waals surface area contributed by atoms with Crippen molar-refractivity contribution in [3.05, 3.63) is 35.9 Å². The maximum atomic E-state index is 11.7. The quantitative estimate of drug-likeness (QED) is 0.846. The van der Waals surface area contributed by atoms with E-state index in [1.165, 1.54) is 19.3 Å². The number of hydrogen-bond acceptors (Lipinski definition) is 3. The van der Waals surface area contributed by atoms with E-state index in [-0.39, 0.29) is 12.1 Å². The third-order valence-electron chi connectivity index (χ3n) is 4.59. The van der Waals surface area contributed by atoms with E-state index in [1.54, 1.807) is 0 Å². The van der Waals surface area contributed by atoms with E-state index in [0.29, 0.717) is 12.6 Å². The van der Waals surface area contributed by atoms with Gasteiger partial charge in [-0.25, -0.2) is 4.79 Å². The fraction of sp³-hybridized carbons (Fsp3) is 0.588. The van der Waals surface area contributed by atoms with Crippen LogP contribution in [0.3, 0.4) is 0 Å². The molecule has 1 aromatic carbocycles. The van der Waals surface area contributed by atoms with Crippen molar-refractivity contribution in [1.29, 1.82) is 0 Å². The molecule has 2 N–H and O–H groups in total. The maximum absolute atomic E-state index is 11.7. The van der Waals surface area contributed by atoms with Gasteiger partial charge in [-0.15, -0.1) is 0 Å². The number of rotatable bonds is 6. The lowest BCUT2D eigenvalue weighted by Crippen LogP contribution is -2.53. The molecule has 3 rings (SSSR count). The van der Waals surface area contributed by atoms with Crippen LogP contribution in [0.15, 0.2) is 30.3 Å². The van der Waals surface area contributed by atoms with Gasteiger partial charge in [0.05, 0.1) is 0 Å². The summed E-state index contributed by atoms with van der Waals surface area (Å²) in [5.74, 6) is 0.896. The van der Waals surface area contributed by atoms with Crippen LogP contribution in [0.4, 0.5) is 4.79 Å². The summed E-state index contributed by atoms with van der Waals surface area (Å²) in [5, 5.41) is 6.52. The number of carbonyl (C=O) groups excluding carboxylic acids is 1. The van der Waals surface area contributed by atoms with E-state index in [2.05, 4.69) is 10.6 Å². The van der Waals surface area contributed by atoms with Gasteiger partial charge in [0.2, 0.25) is 0 Å². The fourth-order valence-corrected chi connectivity index (χ4v) is 2.86. The third kappa shape index (κ3) is 4.21. The Balaban J connectivity index is 1.26. The van der Waals surface area contributed by atoms with Gasteiger partial charge in [0.15, 0.2) is 0 Å². The molecule has 0 aromatic heterocycles. The van der Waals surface area contributed by atoms with E-state index in [9.17, 15) is 4.79 Å². The SMILES string of the molecule is O=C(NC1CC(NCC2CCC2)C1)OCc1ccccc1. The number of hydrogen-bond donors (Lipinski definition) is 2. The van der Waals surface area contributed by atoms with Crippen LogP contribution in [0, 0.1) is 5.92 Å². The number of ether oxygens (including phenoxy) is 1. The molecule has 0 bridgehead atoms. The van der Waals surface area contributed by atoms with Crippen molar-refractivity contribution in [3.63, 3.8) is 0 Å². The van der Waals surface area contributed by atoms with Gasteiger partial charge < -0.3 is 15.4 Å². The first-order chi connectivity index (χ1) is 10.3. The van der Waals surface area contributed by atoms with E-state index in [1.807, 2.05) is 30.3 Å². The lowest BCUT2D eigenvalue weighted by Gasteiger charge is -2.38. The average molecular weight is 288 g/mol. The van der Waals surface area contributed by atoms with Gasteiger partial charge in [0, 0.05) is 12.1 Å². The zero-order chi connectivity index (χ0) is 14.5. The highest BCUT2D eigenvalue weighted by molar-refractivity contribution is 5.67. The highest BCUT2D eigenvalue weighted by atomic mass is 16.5. The van der Waals surface area contributed by atoms with E-state index in [0.717, 1.165) is 30.9 Å². The number of amides is 1. The normalized spacial score (nSPS) is 24.8. The van der Waals surface area contributed by atoms with Crippen molar-refractivity contribution < 1.29 is 9.53 Å². The van der Waals surface area contributed by atoms with Gasteiger partial charge >= 0.3 is 6.09 Å². The zero-order valence-corrected chi connectivity index (χ0v) is 12.4. The Kier molecular flexibility index (Phi) is 4.76. The number of alkyl carbamates (subject to hydrolysis) is 1. The van der Waals surface area contributed by atoms with E-state index in [4.69, 9.17) is 4.74 Å². The zero-order valence-electron chi connectivity index (χ0n) is 12.4. The van der Waals surface area contributed by atoms with E-state index < -0.39 is 0 Å². The van der Waals surface area contributed by atoms with Gasteiger partial charge in [-0.2, -0.15) is 0 Å². The molecule has 2 fully saturated rings. The first kappa shape index (κ1) is 14.4. The molecule has 0 atom stereocenters. The predicted molar refractivity (Wildman–Crippen MR) is 81.9 cm³/mol. The topological polar surface area (TPSA) is 50.4 Å². The molecule has 4 heteroatoms. The molecule has 1 aromatic rings. The Morgan fingerprint density at radius 2 is 1.90 bits per heavy atom. The largest absolute Gasteiger partial charge is 0.445 e. The van der Waals surface area contributed by atoms with Gasteiger partial charge in [-0.1, -0.05) is 36.8 Å². The molecule has 0 unspecified atom stereocenters. The molecule has 0 aliphatic heterocycles. The second-order valence-electron chi connectivity index (χ2n) is 6.28. The summed E-state index contributed by atoms with van der Waals surface area (Å²) in [7, 11) is 0. The molecule has 2 aliphatic rings. The summed E-state index contributed by atoms with van der Waals surface area (Å²) in [5.41, 5.74) is 1.02. The van der Waals surface area contributed by atoms with Crippen molar-refractivity contribution >= 4 is 6.09 Å². The van der Waals surface area contributed by atoms with Crippen LogP contribution in [0.2, 0.25) is 0 Å². The highest BCUT2D eigenvalue weighted by Crippen LogP contribution is 2.27. The lowest BCUT2D eigenvalue weighted by molar-refractivity contribution is 0.124. The van der Waals surface area contributed by atoms with Crippen molar-refractivity contribution in [3.8, 4) is 0 Å². The fourth-order valence-electron chi connectivity index (χ4n) is 2.86. The third-order valence-corrected chi connectivity index (χ3v) is 4.59. The van der Waals surface area contributed by atoms with Crippen LogP contribution in [0.5, 0.6) is 0 Å². The molecule has 0 heterocycles. The average Bonchev–Trinajstić information content (AvgIpc) is 2.41. The number of benzene rings is 1. The molecule has 2 aliphatic carbocycles. The standard InChI is InChI=1S/C17H24N2O2/c20-17(21-12-14-5-2-1-3-6-14)19-16-9-15(10-16)18-11-13-7-4-8-13/h1-3,5-6,13,15-16,18H,4,7-12H2,(H,19,20). The van der Waals surface area contributed by atoms with Gasteiger partial charge in [0.1, 0.15) is 6.61 Å². The number of carbonyl (C=O) groups is 1. The van der Waals surface area contributed by atoms with Crippen LogP contribution >= 0.6 is 0 Å². The Bertz CT molecular complexity index is 453. The van der Waals surface area contributed by atoms with Crippen molar-refractivity contribution in [2.45, 2.75) is 50.8 Å². The monoisotopic (exact) mass is 288 g/mol. The molecule has 0 radical (unpaired) electrons. The molecule has 21 heavy (non-hydrogen) atoms. The molecule has 2 saturated carbocycles. The Labute approximate surface area is 126 Å². The second-order valence-corrected chi connectivity index (χ2v) is 6.28. The highest BCUT2D eigenvalue weighted by Gasteiger charge is 2.31. The molecule has 4 nitrogen and oxygen atoms in total. The molecular weight excluding hydrogens is 264 g/mol. The Morgan fingerprint density at radius 3 is 2.57 bits per heavy atom. The van der Waals surface area contributed by atoms with Gasteiger partial charge in [-0.05, 0) is 43.7 Å². The molecule has 1 amide bonds. The van der Waals surface area contributed by atoms with E-state index >= 15 is 0 Å². The summed E-state index contributed by atoms with van der Waals surface area (Å²) in [6, 6.07) is 10.6. The minimum atomic E-state index is -0.304. The second kappa shape index (κ2) is 6.94. The molecule has 0 spiro atoms. The summed E-state index contributed by atoms with van der Waals surface area (Å²) in [4.78, 5) is 11.7. The smallest absolute Gasteiger partial charge is 0.407 e. The summed E-state index contributed by atoms with van der Waals surface area (Å²) >= 11 is 0. The van der Waals surface area contributed by atoms with Crippen LogP contribution in [0.1, 0.15) is 37.7 Å². The maximum Gasteiger partial charge on any atom is 0.407 e. The molecule has 114 valence electrons. The molecule has 0 saturated heterocycles. The number of nitrogens with one attached hydrogen (secondary N) is 2. The van der Waals surface area contributed by atoms with Crippen LogP contribution in [-0.4, -0.2) is 24.7 Å². The van der Waals surface area contributed by atoms with Crippen LogP contribution < -0.4 is 10.6 Å². The Morgan fingerprint density at radius 1 is 1.14 bits per heavy atom. The summed E-state index contributed by atoms with van der Waals surface area (Å²) in [6.07, 6.45) is 5.90. The van der Waals surface area contributed by atoms with Crippen molar-refractivity contribution in [2.75, 3.05) is 6.54 Å². The van der Waals surface area contributed by atoms with Gasteiger partial charge in [-0.3, -0.25) is 0 Å². The minimum absolute atomic E-state index is 0.271.